The molecule has 62 valence electrons. The van der Waals surface area contributed by atoms with E-state index < -0.39 is 5.97 Å². The summed E-state index contributed by atoms with van der Waals surface area (Å²) in [7, 11) is 0. The lowest BCUT2D eigenvalue weighted by molar-refractivity contribution is -0.353. The molecule has 0 saturated heterocycles. The van der Waals surface area contributed by atoms with E-state index in [1.807, 2.05) is 6.92 Å². The zero-order valence-electron chi connectivity index (χ0n) is 6.79. The van der Waals surface area contributed by atoms with Crippen molar-refractivity contribution in [2.24, 2.45) is 0 Å². The molecule has 0 rings (SSSR count). The van der Waals surface area contributed by atoms with Gasteiger partial charge in [0.25, 0.3) is 5.97 Å². The second kappa shape index (κ2) is 3.91. The first-order chi connectivity index (χ1) is 4.52. The van der Waals surface area contributed by atoms with Crippen molar-refractivity contribution in [3.63, 3.8) is 0 Å². The van der Waals surface area contributed by atoms with Gasteiger partial charge in [-0.1, -0.05) is 13.8 Å². The molecule has 0 fully saturated rings. The van der Waals surface area contributed by atoms with E-state index >= 15 is 0 Å². The molecule has 10 heavy (non-hydrogen) atoms. The Balaban J connectivity index is 3.64. The van der Waals surface area contributed by atoms with Gasteiger partial charge in [0.2, 0.25) is 0 Å². The molecule has 1 unspecified atom stereocenters. The summed E-state index contributed by atoms with van der Waals surface area (Å²) in [5, 5.41) is 17.9. The van der Waals surface area contributed by atoms with E-state index in [9.17, 15) is 0 Å². The molecule has 0 aliphatic rings. The quantitative estimate of drug-likeness (QED) is 0.581. The van der Waals surface area contributed by atoms with E-state index in [1.165, 1.54) is 0 Å². The minimum absolute atomic E-state index is 0.102. The highest BCUT2D eigenvalue weighted by Gasteiger charge is 2.22. The summed E-state index contributed by atoms with van der Waals surface area (Å²) in [6, 6.07) is 0. The third-order valence-corrected chi connectivity index (χ3v) is 1.43. The molecule has 0 aromatic carbocycles. The Morgan fingerprint density at radius 1 is 1.40 bits per heavy atom. The number of aliphatic hydroxyl groups is 2. The van der Waals surface area contributed by atoms with E-state index in [1.54, 1.807) is 13.8 Å². The van der Waals surface area contributed by atoms with Crippen molar-refractivity contribution >= 4 is 0 Å². The van der Waals surface area contributed by atoms with Gasteiger partial charge in [0.1, 0.15) is 0 Å². The van der Waals surface area contributed by atoms with Crippen molar-refractivity contribution < 1.29 is 14.9 Å². The second-order valence-corrected chi connectivity index (χ2v) is 2.43. The maximum atomic E-state index is 8.96. The predicted molar refractivity (Wildman–Crippen MR) is 38.3 cm³/mol. The molecule has 0 aliphatic carbocycles. The molecule has 0 heterocycles. The van der Waals surface area contributed by atoms with Crippen LogP contribution in [0.3, 0.4) is 0 Å². The van der Waals surface area contributed by atoms with Crippen LogP contribution in [0.25, 0.3) is 0 Å². The summed E-state index contributed by atoms with van der Waals surface area (Å²) in [6.45, 7) is 5.38. The Hall–Kier alpha value is -0.120. The Morgan fingerprint density at radius 3 is 2.20 bits per heavy atom. The molecule has 0 spiro atoms. The summed E-state index contributed by atoms with van der Waals surface area (Å²) < 4.78 is 4.85. The maximum absolute atomic E-state index is 8.96. The number of ether oxygens (including phenoxy) is 1. The minimum Gasteiger partial charge on any atom is -0.343 e. The predicted octanol–water partition coefficient (Wildman–Crippen LogP) is 0.850. The van der Waals surface area contributed by atoms with Crippen molar-refractivity contribution in [2.45, 2.75) is 45.7 Å². The summed E-state index contributed by atoms with van der Waals surface area (Å²) in [4.78, 5) is 0. The van der Waals surface area contributed by atoms with E-state index in [0.717, 1.165) is 6.42 Å². The van der Waals surface area contributed by atoms with Gasteiger partial charge in [-0.25, -0.2) is 0 Å². The molecule has 0 saturated carbocycles. The summed E-state index contributed by atoms with van der Waals surface area (Å²) in [5.74, 6) is -1.94. The molecule has 0 aromatic heterocycles. The lowest BCUT2D eigenvalue weighted by Crippen LogP contribution is -2.34. The fourth-order valence-corrected chi connectivity index (χ4v) is 0.489. The monoisotopic (exact) mass is 148 g/mol. The Kier molecular flexibility index (Phi) is 3.86. The Morgan fingerprint density at radius 2 is 1.90 bits per heavy atom. The van der Waals surface area contributed by atoms with Crippen LogP contribution in [0.1, 0.15) is 33.6 Å². The average Bonchev–Trinajstić information content (AvgIpc) is 1.87. The van der Waals surface area contributed by atoms with Crippen LogP contribution in [-0.4, -0.2) is 22.3 Å². The Labute approximate surface area is 61.6 Å². The highest BCUT2D eigenvalue weighted by molar-refractivity contribution is 4.51. The zero-order valence-corrected chi connectivity index (χ0v) is 6.79. The first kappa shape index (κ1) is 9.88. The van der Waals surface area contributed by atoms with Crippen molar-refractivity contribution in [3.05, 3.63) is 0 Å². The summed E-state index contributed by atoms with van der Waals surface area (Å²) in [5.41, 5.74) is 0. The van der Waals surface area contributed by atoms with Crippen LogP contribution < -0.4 is 0 Å². The average molecular weight is 148 g/mol. The van der Waals surface area contributed by atoms with E-state index in [-0.39, 0.29) is 12.5 Å². The largest absolute Gasteiger partial charge is 0.343 e. The first-order valence-electron chi connectivity index (χ1n) is 3.64. The number of hydrogen-bond acceptors (Lipinski definition) is 3. The fraction of sp³-hybridized carbons (Fsp3) is 1.00. The summed E-state index contributed by atoms with van der Waals surface area (Å²) in [6.07, 6.45) is 0.871. The first-order valence-corrected chi connectivity index (χ1v) is 3.64. The molecular weight excluding hydrogens is 132 g/mol. The van der Waals surface area contributed by atoms with Gasteiger partial charge in [-0.05, 0) is 13.3 Å². The van der Waals surface area contributed by atoms with Gasteiger partial charge in [-0.2, -0.15) is 0 Å². The molecule has 1 atom stereocenters. The van der Waals surface area contributed by atoms with Crippen LogP contribution in [0.15, 0.2) is 0 Å². The zero-order chi connectivity index (χ0) is 8.20. The number of hydrogen-bond donors (Lipinski definition) is 2. The van der Waals surface area contributed by atoms with Gasteiger partial charge in [0, 0.05) is 6.42 Å². The van der Waals surface area contributed by atoms with E-state index in [2.05, 4.69) is 0 Å². The van der Waals surface area contributed by atoms with Crippen molar-refractivity contribution in [2.75, 3.05) is 0 Å². The van der Waals surface area contributed by atoms with Gasteiger partial charge in [0.05, 0.1) is 6.10 Å². The molecule has 0 aromatic rings. The topological polar surface area (TPSA) is 49.7 Å². The molecule has 3 nitrogen and oxygen atoms in total. The van der Waals surface area contributed by atoms with Crippen molar-refractivity contribution in [1.82, 2.24) is 0 Å². The van der Waals surface area contributed by atoms with Crippen LogP contribution in [0.5, 0.6) is 0 Å². The normalized spacial score (nSPS) is 15.3. The highest BCUT2D eigenvalue weighted by atomic mass is 16.8. The van der Waals surface area contributed by atoms with Gasteiger partial charge < -0.3 is 14.9 Å². The lowest BCUT2D eigenvalue weighted by Gasteiger charge is -2.23. The standard InChI is InChI=1S/C7H16O3/c1-4-6(3)10-7(8,9)5-2/h6,8-9H,4-5H2,1-3H3. The number of rotatable bonds is 4. The van der Waals surface area contributed by atoms with Gasteiger partial charge in [-0.15, -0.1) is 0 Å². The Bertz CT molecular complexity index is 90.9. The SMILES string of the molecule is CCC(C)OC(O)(O)CC. The molecule has 0 bridgehead atoms. The van der Waals surface area contributed by atoms with Gasteiger partial charge >= 0.3 is 0 Å². The van der Waals surface area contributed by atoms with Crippen LogP contribution >= 0.6 is 0 Å². The molecule has 0 radical (unpaired) electrons. The van der Waals surface area contributed by atoms with Gasteiger partial charge in [0.15, 0.2) is 0 Å². The third kappa shape index (κ3) is 3.82. The highest BCUT2D eigenvalue weighted by Crippen LogP contribution is 2.11. The molecule has 0 aliphatic heterocycles. The van der Waals surface area contributed by atoms with Crippen molar-refractivity contribution in [1.29, 1.82) is 0 Å². The van der Waals surface area contributed by atoms with Crippen LogP contribution in [-0.2, 0) is 4.74 Å². The lowest BCUT2D eigenvalue weighted by atomic mass is 10.3. The van der Waals surface area contributed by atoms with Crippen molar-refractivity contribution in [3.8, 4) is 0 Å². The summed E-state index contributed by atoms with van der Waals surface area (Å²) >= 11 is 0. The third-order valence-electron chi connectivity index (χ3n) is 1.43. The van der Waals surface area contributed by atoms with Gasteiger partial charge in [-0.3, -0.25) is 0 Å². The molecule has 3 heteroatoms. The second-order valence-electron chi connectivity index (χ2n) is 2.43. The maximum Gasteiger partial charge on any atom is 0.277 e. The molecule has 2 N–H and O–H groups in total. The van der Waals surface area contributed by atoms with Crippen LogP contribution in [0.4, 0.5) is 0 Å². The smallest absolute Gasteiger partial charge is 0.277 e. The van der Waals surface area contributed by atoms with Crippen LogP contribution in [0.2, 0.25) is 0 Å². The van der Waals surface area contributed by atoms with Crippen LogP contribution in [0, 0.1) is 0 Å². The fourth-order valence-electron chi connectivity index (χ4n) is 0.489. The minimum atomic E-state index is -1.94. The molecular formula is C7H16O3. The van der Waals surface area contributed by atoms with E-state index in [0.29, 0.717) is 0 Å². The van der Waals surface area contributed by atoms with E-state index in [4.69, 9.17) is 14.9 Å². The molecule has 0 amide bonds.